The van der Waals surface area contributed by atoms with E-state index in [0.717, 1.165) is 6.07 Å². The number of aromatic nitrogens is 3. The van der Waals surface area contributed by atoms with Crippen LogP contribution in [0.25, 0.3) is 11.3 Å². The highest BCUT2D eigenvalue weighted by Crippen LogP contribution is 2.39. The summed E-state index contributed by atoms with van der Waals surface area (Å²) < 4.78 is 66.1. The third kappa shape index (κ3) is 3.98. The van der Waals surface area contributed by atoms with Crippen LogP contribution in [0.2, 0.25) is 0 Å². The van der Waals surface area contributed by atoms with E-state index in [1.165, 1.54) is 4.90 Å². The Morgan fingerprint density at radius 2 is 1.88 bits per heavy atom. The Balaban J connectivity index is 1.68. The molecule has 2 aliphatic heterocycles. The molecule has 32 heavy (non-hydrogen) atoms. The lowest BCUT2D eigenvalue weighted by Crippen LogP contribution is -2.50. The van der Waals surface area contributed by atoms with E-state index in [9.17, 15) is 37.0 Å². The number of likely N-dealkylation sites (tertiary alicyclic amines) is 1. The molecule has 172 valence electrons. The first-order valence-electron chi connectivity index (χ1n) is 9.74. The topological polar surface area (TPSA) is 103 Å². The second-order valence-electron chi connectivity index (χ2n) is 7.70. The molecule has 0 aliphatic carbocycles. The van der Waals surface area contributed by atoms with Gasteiger partial charge in [-0.2, -0.15) is 13.2 Å². The summed E-state index contributed by atoms with van der Waals surface area (Å²) >= 11 is 0. The van der Waals surface area contributed by atoms with Crippen molar-refractivity contribution in [1.29, 1.82) is 0 Å². The summed E-state index contributed by atoms with van der Waals surface area (Å²) in [6.07, 6.45) is -7.59. The zero-order chi connectivity index (χ0) is 23.2. The van der Waals surface area contributed by atoms with Gasteiger partial charge in [-0.15, -0.1) is 10.2 Å². The maximum absolute atomic E-state index is 13.8. The number of benzene rings is 1. The third-order valence-electron chi connectivity index (χ3n) is 5.88. The monoisotopic (exact) mass is 459 g/mol. The number of nitrogens with zero attached hydrogens (tertiary/aromatic N) is 5. The van der Waals surface area contributed by atoms with Gasteiger partial charge in [-0.3, -0.25) is 0 Å². The minimum absolute atomic E-state index is 0.116. The molecule has 1 amide bonds. The zero-order valence-corrected chi connectivity index (χ0v) is 16.4. The van der Waals surface area contributed by atoms with Gasteiger partial charge in [-0.05, 0) is 37.0 Å². The summed E-state index contributed by atoms with van der Waals surface area (Å²) in [5, 5.41) is 26.9. The SMILES string of the molecule is O=C(O)N1CCC2CCN(c3nnc(-c4ccc(C(F)(F)F)cc4O)c(C(F)F)n3)C2C1. The van der Waals surface area contributed by atoms with Crippen LogP contribution in [-0.4, -0.2) is 62.1 Å². The predicted octanol–water partition coefficient (Wildman–Crippen LogP) is 3.78. The number of rotatable bonds is 3. The molecule has 0 radical (unpaired) electrons. The molecule has 2 unspecified atom stereocenters. The first-order chi connectivity index (χ1) is 15.1. The number of fused-ring (bicyclic) bond motifs is 1. The van der Waals surface area contributed by atoms with Gasteiger partial charge >= 0.3 is 12.3 Å². The second-order valence-corrected chi connectivity index (χ2v) is 7.70. The van der Waals surface area contributed by atoms with Crippen molar-refractivity contribution in [1.82, 2.24) is 20.1 Å². The lowest BCUT2D eigenvalue weighted by Gasteiger charge is -2.37. The zero-order valence-electron chi connectivity index (χ0n) is 16.4. The van der Waals surface area contributed by atoms with Gasteiger partial charge in [0.1, 0.15) is 17.1 Å². The van der Waals surface area contributed by atoms with Crippen LogP contribution in [0.4, 0.5) is 32.7 Å². The molecule has 2 aliphatic rings. The Bertz CT molecular complexity index is 1030. The number of halogens is 5. The van der Waals surface area contributed by atoms with Crippen molar-refractivity contribution in [2.24, 2.45) is 5.92 Å². The Labute approximate surface area is 178 Å². The fourth-order valence-electron chi connectivity index (χ4n) is 4.27. The van der Waals surface area contributed by atoms with Crippen LogP contribution in [0, 0.1) is 5.92 Å². The van der Waals surface area contributed by atoms with E-state index < -0.39 is 41.4 Å². The average molecular weight is 459 g/mol. The Hall–Kier alpha value is -3.25. The molecule has 2 saturated heterocycles. The first kappa shape index (κ1) is 22.0. The molecule has 4 rings (SSSR count). The minimum atomic E-state index is -4.72. The predicted molar refractivity (Wildman–Crippen MR) is 100 cm³/mol. The van der Waals surface area contributed by atoms with E-state index >= 15 is 0 Å². The van der Waals surface area contributed by atoms with Crippen LogP contribution in [0.3, 0.4) is 0 Å². The quantitative estimate of drug-likeness (QED) is 0.674. The van der Waals surface area contributed by atoms with Crippen LogP contribution in [0.5, 0.6) is 5.75 Å². The van der Waals surface area contributed by atoms with Gasteiger partial charge in [0.2, 0.25) is 5.95 Å². The number of phenolic OH excluding ortho intramolecular Hbond substituents is 1. The summed E-state index contributed by atoms with van der Waals surface area (Å²) in [6.45, 7) is 0.991. The van der Waals surface area contributed by atoms with Crippen molar-refractivity contribution in [3.8, 4) is 17.0 Å². The van der Waals surface area contributed by atoms with Crippen LogP contribution < -0.4 is 4.90 Å². The molecule has 13 heteroatoms. The van der Waals surface area contributed by atoms with Gasteiger partial charge in [0, 0.05) is 25.2 Å². The Morgan fingerprint density at radius 3 is 2.50 bits per heavy atom. The molecule has 1 aromatic heterocycles. The van der Waals surface area contributed by atoms with Crippen LogP contribution >= 0.6 is 0 Å². The number of piperidine rings is 1. The highest BCUT2D eigenvalue weighted by Gasteiger charge is 2.41. The van der Waals surface area contributed by atoms with Gasteiger partial charge in [-0.25, -0.2) is 18.6 Å². The summed E-state index contributed by atoms with van der Waals surface area (Å²) in [5.74, 6) is -0.839. The van der Waals surface area contributed by atoms with Gasteiger partial charge < -0.3 is 20.0 Å². The van der Waals surface area contributed by atoms with Crippen LogP contribution in [0.1, 0.15) is 30.5 Å². The lowest BCUT2D eigenvalue weighted by atomic mass is 9.92. The number of hydrogen-bond donors (Lipinski definition) is 2. The molecule has 1 aromatic carbocycles. The van der Waals surface area contributed by atoms with E-state index in [-0.39, 0.29) is 30.0 Å². The molecule has 3 heterocycles. The number of alkyl halides is 5. The fraction of sp³-hybridized carbons (Fsp3) is 0.474. The molecule has 2 N–H and O–H groups in total. The normalized spacial score (nSPS) is 21.2. The maximum atomic E-state index is 13.8. The van der Waals surface area contributed by atoms with Crippen molar-refractivity contribution in [3.63, 3.8) is 0 Å². The highest BCUT2D eigenvalue weighted by atomic mass is 19.4. The number of carboxylic acid groups (broad SMARTS) is 1. The van der Waals surface area contributed by atoms with Crippen LogP contribution in [0.15, 0.2) is 18.2 Å². The molecule has 8 nitrogen and oxygen atoms in total. The van der Waals surface area contributed by atoms with Gasteiger partial charge in [0.15, 0.2) is 0 Å². The number of hydrogen-bond acceptors (Lipinski definition) is 6. The maximum Gasteiger partial charge on any atom is 0.416 e. The van der Waals surface area contributed by atoms with Gasteiger partial charge in [0.25, 0.3) is 6.43 Å². The highest BCUT2D eigenvalue weighted by molar-refractivity contribution is 5.69. The van der Waals surface area contributed by atoms with E-state index in [1.54, 1.807) is 4.90 Å². The molecule has 0 bridgehead atoms. The van der Waals surface area contributed by atoms with Crippen molar-refractivity contribution in [2.75, 3.05) is 24.5 Å². The summed E-state index contributed by atoms with van der Waals surface area (Å²) in [7, 11) is 0. The van der Waals surface area contributed by atoms with Crippen molar-refractivity contribution >= 4 is 12.0 Å². The first-order valence-corrected chi connectivity index (χ1v) is 9.74. The third-order valence-corrected chi connectivity index (χ3v) is 5.88. The average Bonchev–Trinajstić information content (AvgIpc) is 3.16. The Kier molecular flexibility index (Phi) is 5.51. The number of aromatic hydroxyl groups is 1. The summed E-state index contributed by atoms with van der Waals surface area (Å²) in [5.41, 5.74) is -2.85. The van der Waals surface area contributed by atoms with E-state index in [1.807, 2.05) is 0 Å². The largest absolute Gasteiger partial charge is 0.507 e. The second kappa shape index (κ2) is 8.02. The van der Waals surface area contributed by atoms with Gasteiger partial charge in [0.05, 0.1) is 11.6 Å². The number of carbonyl (C=O) groups is 1. The fourth-order valence-corrected chi connectivity index (χ4v) is 4.27. The smallest absolute Gasteiger partial charge is 0.416 e. The molecule has 2 atom stereocenters. The van der Waals surface area contributed by atoms with E-state index in [4.69, 9.17) is 0 Å². The summed E-state index contributed by atoms with van der Waals surface area (Å²) in [4.78, 5) is 18.1. The van der Waals surface area contributed by atoms with Crippen LogP contribution in [-0.2, 0) is 6.18 Å². The lowest BCUT2D eigenvalue weighted by molar-refractivity contribution is -0.137. The van der Waals surface area contributed by atoms with Gasteiger partial charge in [-0.1, -0.05) is 0 Å². The molecule has 2 fully saturated rings. The van der Waals surface area contributed by atoms with Crippen molar-refractivity contribution < 1.29 is 37.0 Å². The molecular formula is C19H18F5N5O3. The number of anilines is 1. The number of phenols is 1. The molecule has 2 aromatic rings. The van der Waals surface area contributed by atoms with E-state index in [0.29, 0.717) is 38.1 Å². The number of amides is 1. The molecule has 0 spiro atoms. The molecular weight excluding hydrogens is 441 g/mol. The summed E-state index contributed by atoms with van der Waals surface area (Å²) in [6, 6.07) is 1.62. The van der Waals surface area contributed by atoms with E-state index in [2.05, 4.69) is 15.2 Å². The van der Waals surface area contributed by atoms with Crippen molar-refractivity contribution in [3.05, 3.63) is 29.5 Å². The van der Waals surface area contributed by atoms with Crippen molar-refractivity contribution in [2.45, 2.75) is 31.5 Å². The molecule has 0 saturated carbocycles. The standard InChI is InChI=1S/C19H18F5N5O3/c20-16(21)15-14(11-2-1-10(7-13(11)30)19(22,23)24)26-27-17(25-15)29-6-4-9-3-5-28(18(31)32)8-12(9)29/h1-2,7,9,12,16,30H,3-6,8H2,(H,31,32). The Morgan fingerprint density at radius 1 is 1.16 bits per heavy atom. The minimum Gasteiger partial charge on any atom is -0.507 e.